The van der Waals surface area contributed by atoms with E-state index in [0.717, 1.165) is 0 Å². The second kappa shape index (κ2) is 7.69. The molecule has 1 saturated heterocycles. The van der Waals surface area contributed by atoms with Crippen molar-refractivity contribution in [3.05, 3.63) is 0 Å². The average molecular weight is 357 g/mol. The van der Waals surface area contributed by atoms with Gasteiger partial charge in [0.25, 0.3) is 0 Å². The van der Waals surface area contributed by atoms with E-state index in [2.05, 4.69) is 14.0 Å². The Labute approximate surface area is 129 Å². The number of unbranched alkanes of at least 4 members (excludes halogenated alkanes) is 6. The van der Waals surface area contributed by atoms with E-state index in [0.29, 0.717) is 0 Å². The molecule has 0 saturated carbocycles. The minimum atomic E-state index is -10.7. The van der Waals surface area contributed by atoms with Crippen LogP contribution in [0, 0.1) is 0 Å². The Morgan fingerprint density at radius 1 is 0.727 bits per heavy atom. The summed E-state index contributed by atoms with van der Waals surface area (Å²) in [5, 5.41) is 0. The number of quaternary nitrogens is 1. The van der Waals surface area contributed by atoms with Gasteiger partial charge in [-0.15, -0.1) is 0 Å². The van der Waals surface area contributed by atoms with E-state index >= 15 is 0 Å². The van der Waals surface area contributed by atoms with Crippen LogP contribution in [0.3, 0.4) is 0 Å². The molecule has 0 aromatic heterocycles. The summed E-state index contributed by atoms with van der Waals surface area (Å²) >= 11 is 0. The Morgan fingerprint density at radius 2 is 1.09 bits per heavy atom. The van der Waals surface area contributed by atoms with E-state index in [-0.39, 0.29) is 0 Å². The molecule has 0 amide bonds. The summed E-state index contributed by atoms with van der Waals surface area (Å²) < 4.78 is 60.6. The van der Waals surface area contributed by atoms with Crippen LogP contribution in [-0.4, -0.2) is 31.2 Å². The molecule has 1 rings (SSSR count). The van der Waals surface area contributed by atoms with Crippen molar-refractivity contribution in [2.45, 2.75) is 64.7 Å². The molecule has 0 atom stereocenters. The van der Waals surface area contributed by atoms with Crippen molar-refractivity contribution in [1.82, 2.24) is 0 Å². The van der Waals surface area contributed by atoms with Crippen LogP contribution in [0.25, 0.3) is 0 Å². The summed E-state index contributed by atoms with van der Waals surface area (Å²) in [5.74, 6) is 0. The van der Waals surface area contributed by atoms with Gasteiger partial charge in [0.1, 0.15) is 0 Å². The van der Waals surface area contributed by atoms with E-state index < -0.39 is 7.81 Å². The molecule has 1 fully saturated rings. The maximum atomic E-state index is 9.87. The van der Waals surface area contributed by atoms with Crippen molar-refractivity contribution < 1.29 is 29.7 Å². The molecule has 1 aliphatic heterocycles. The Hall–Kier alpha value is -0.0300. The summed E-state index contributed by atoms with van der Waals surface area (Å²) in [4.78, 5) is 0. The fourth-order valence-electron chi connectivity index (χ4n) is 2.77. The Balaban J connectivity index is 0.000000534. The number of likely N-dealkylation sites (tertiary alicyclic amines) is 1. The van der Waals surface area contributed by atoms with E-state index in [1.807, 2.05) is 0 Å². The molecular weight excluding hydrogens is 327 g/mol. The molecule has 0 N–H and O–H groups in total. The molecule has 1 nitrogen and oxygen atoms in total. The second-order valence-electron chi connectivity index (χ2n) is 6.58. The second-order valence-corrected chi connectivity index (χ2v) is 8.49. The quantitative estimate of drug-likeness (QED) is 0.184. The van der Waals surface area contributed by atoms with Gasteiger partial charge in [-0.1, -0.05) is 39.0 Å². The zero-order valence-corrected chi connectivity index (χ0v) is 14.5. The van der Waals surface area contributed by atoms with Gasteiger partial charge in [0.05, 0.1) is 26.7 Å². The molecule has 0 bridgehead atoms. The molecule has 0 aromatic rings. The van der Waals surface area contributed by atoms with Gasteiger partial charge in [-0.05, 0) is 12.8 Å². The first-order valence-electron chi connectivity index (χ1n) is 8.12. The Bertz CT molecular complexity index is 296. The predicted octanol–water partition coefficient (Wildman–Crippen LogP) is 7.36. The maximum absolute atomic E-state index is 10.7. The van der Waals surface area contributed by atoms with Crippen LogP contribution in [0.4, 0.5) is 25.2 Å². The molecule has 1 aliphatic rings. The zero-order valence-electron chi connectivity index (χ0n) is 13.6. The predicted molar refractivity (Wildman–Crippen MR) is 81.6 cm³/mol. The van der Waals surface area contributed by atoms with Crippen LogP contribution in [-0.2, 0) is 0 Å². The first-order chi connectivity index (χ1) is 9.72. The van der Waals surface area contributed by atoms with Crippen LogP contribution in [0.15, 0.2) is 0 Å². The normalized spacial score (nSPS) is 20.7. The van der Waals surface area contributed by atoms with Gasteiger partial charge < -0.3 is 4.48 Å². The molecule has 8 heteroatoms. The summed E-state index contributed by atoms with van der Waals surface area (Å²) in [6.45, 7) is 6.61. The first kappa shape index (κ1) is 22.0. The van der Waals surface area contributed by atoms with E-state index in [1.165, 1.54) is 81.9 Å². The van der Waals surface area contributed by atoms with Crippen LogP contribution in [0.5, 0.6) is 0 Å². The standard InChI is InChI=1S/C14H30N.F6P/c1-3-4-5-6-7-8-9-12-15(2)13-10-11-14-15;1-7(2,3,4,5)6/h3-14H2,1-2H3;/q+1;-1. The first-order valence-corrected chi connectivity index (χ1v) is 10.1. The molecule has 22 heavy (non-hydrogen) atoms. The van der Waals surface area contributed by atoms with Gasteiger partial charge in [0.15, 0.2) is 0 Å². The number of hydrogen-bond acceptors (Lipinski definition) is 0. The fraction of sp³-hybridized carbons (Fsp3) is 1.00. The SMILES string of the molecule is CCCCCCCCC[N+]1(C)CCCC1.F[P-](F)(F)(F)(F)F. The van der Waals surface area contributed by atoms with Gasteiger partial charge in [0.2, 0.25) is 0 Å². The van der Waals surface area contributed by atoms with Crippen molar-refractivity contribution in [3.8, 4) is 0 Å². The molecular formula is C14H30F6NP. The summed E-state index contributed by atoms with van der Waals surface area (Å²) in [7, 11) is -8.21. The van der Waals surface area contributed by atoms with Gasteiger partial charge >= 0.3 is 33.0 Å². The molecule has 138 valence electrons. The van der Waals surface area contributed by atoms with Gasteiger partial charge in [-0.2, -0.15) is 0 Å². The molecule has 0 aliphatic carbocycles. The van der Waals surface area contributed by atoms with Crippen molar-refractivity contribution in [2.24, 2.45) is 0 Å². The van der Waals surface area contributed by atoms with E-state index in [4.69, 9.17) is 0 Å². The van der Waals surface area contributed by atoms with Crippen LogP contribution in [0.1, 0.15) is 64.7 Å². The summed E-state index contributed by atoms with van der Waals surface area (Å²) in [5.41, 5.74) is 0. The fourth-order valence-corrected chi connectivity index (χ4v) is 2.77. The van der Waals surface area contributed by atoms with Crippen molar-refractivity contribution in [2.75, 3.05) is 26.7 Å². The third-order valence-corrected chi connectivity index (χ3v) is 3.95. The monoisotopic (exact) mass is 357 g/mol. The Morgan fingerprint density at radius 3 is 1.50 bits per heavy atom. The third-order valence-electron chi connectivity index (χ3n) is 3.95. The number of halogens is 6. The minimum absolute atomic E-state index is 1.37. The molecule has 0 spiro atoms. The van der Waals surface area contributed by atoms with Gasteiger partial charge in [0, 0.05) is 12.8 Å². The van der Waals surface area contributed by atoms with E-state index in [1.54, 1.807) is 0 Å². The number of hydrogen-bond donors (Lipinski definition) is 0. The van der Waals surface area contributed by atoms with Crippen LogP contribution in [0.2, 0.25) is 0 Å². The Kier molecular flexibility index (Phi) is 7.68. The van der Waals surface area contributed by atoms with Crippen molar-refractivity contribution in [3.63, 3.8) is 0 Å². The number of rotatable bonds is 8. The van der Waals surface area contributed by atoms with Crippen molar-refractivity contribution >= 4 is 7.81 Å². The molecule has 0 aromatic carbocycles. The summed E-state index contributed by atoms with van der Waals surface area (Å²) in [6, 6.07) is 0. The molecule has 0 unspecified atom stereocenters. The van der Waals surface area contributed by atoms with Crippen LogP contribution >= 0.6 is 7.81 Å². The topological polar surface area (TPSA) is 0 Å². The third kappa shape index (κ3) is 20.0. The van der Waals surface area contributed by atoms with Crippen LogP contribution < -0.4 is 0 Å². The average Bonchev–Trinajstić information content (AvgIpc) is 2.71. The summed E-state index contributed by atoms with van der Waals surface area (Å²) in [6.07, 6.45) is 13.1. The van der Waals surface area contributed by atoms with E-state index in [9.17, 15) is 25.2 Å². The number of nitrogens with zero attached hydrogens (tertiary/aromatic N) is 1. The molecule has 0 radical (unpaired) electrons. The van der Waals surface area contributed by atoms with Gasteiger partial charge in [-0.3, -0.25) is 0 Å². The van der Waals surface area contributed by atoms with Gasteiger partial charge in [-0.25, -0.2) is 0 Å². The van der Waals surface area contributed by atoms with Crippen molar-refractivity contribution in [1.29, 1.82) is 0 Å². The molecule has 1 heterocycles. The zero-order chi connectivity index (χ0) is 17.4.